The zero-order chi connectivity index (χ0) is 17.1. The van der Waals surface area contributed by atoms with Gasteiger partial charge >= 0.3 is 0 Å². The number of hydrogen-bond donors (Lipinski definition) is 1. The molecule has 6 nitrogen and oxygen atoms in total. The monoisotopic (exact) mass is 325 g/mol. The summed E-state index contributed by atoms with van der Waals surface area (Å²) in [5.41, 5.74) is 1.98. The molecule has 0 unspecified atom stereocenters. The molecule has 0 saturated carbocycles. The lowest BCUT2D eigenvalue weighted by atomic mass is 9.97. The zero-order valence-corrected chi connectivity index (χ0v) is 14.4. The van der Waals surface area contributed by atoms with Crippen LogP contribution in [0, 0.1) is 13.8 Å². The third kappa shape index (κ3) is 3.69. The molecule has 2 aromatic heterocycles. The summed E-state index contributed by atoms with van der Waals surface area (Å²) in [6, 6.07) is 5.84. The number of amides is 1. The SMILES string of the molecule is CC(=O)N1CCC[C@@H](c2nc(C)cc(Nc3ncccc3C)n2)C1. The van der Waals surface area contributed by atoms with E-state index >= 15 is 0 Å². The van der Waals surface area contributed by atoms with E-state index in [1.165, 1.54) is 0 Å². The molecule has 1 aliphatic heterocycles. The van der Waals surface area contributed by atoms with Gasteiger partial charge in [0.05, 0.1) is 0 Å². The number of hydrogen-bond acceptors (Lipinski definition) is 5. The van der Waals surface area contributed by atoms with Crippen molar-refractivity contribution in [1.29, 1.82) is 0 Å². The molecule has 0 aromatic carbocycles. The molecule has 2 aromatic rings. The van der Waals surface area contributed by atoms with Crippen LogP contribution < -0.4 is 5.32 Å². The molecule has 0 aliphatic carbocycles. The van der Waals surface area contributed by atoms with Crippen molar-refractivity contribution in [2.45, 2.75) is 39.5 Å². The van der Waals surface area contributed by atoms with Crippen LogP contribution in [0.3, 0.4) is 0 Å². The summed E-state index contributed by atoms with van der Waals surface area (Å²) >= 11 is 0. The van der Waals surface area contributed by atoms with E-state index in [1.807, 2.05) is 36.9 Å². The van der Waals surface area contributed by atoms with Crippen LogP contribution >= 0.6 is 0 Å². The maximum absolute atomic E-state index is 11.7. The van der Waals surface area contributed by atoms with E-state index in [0.717, 1.165) is 48.1 Å². The second kappa shape index (κ2) is 6.95. The first-order valence-electron chi connectivity index (χ1n) is 8.32. The van der Waals surface area contributed by atoms with E-state index in [4.69, 9.17) is 0 Å². The summed E-state index contributed by atoms with van der Waals surface area (Å²) < 4.78 is 0. The molecule has 0 bridgehead atoms. The molecule has 6 heteroatoms. The van der Waals surface area contributed by atoms with Crippen LogP contribution in [0.5, 0.6) is 0 Å². The number of nitrogens with one attached hydrogen (secondary N) is 1. The van der Waals surface area contributed by atoms with Crippen LogP contribution in [0.1, 0.15) is 42.8 Å². The van der Waals surface area contributed by atoms with Gasteiger partial charge < -0.3 is 10.2 Å². The van der Waals surface area contributed by atoms with Crippen LogP contribution in [0.25, 0.3) is 0 Å². The second-order valence-electron chi connectivity index (χ2n) is 6.35. The smallest absolute Gasteiger partial charge is 0.219 e. The van der Waals surface area contributed by atoms with Crippen molar-refractivity contribution < 1.29 is 4.79 Å². The van der Waals surface area contributed by atoms with Gasteiger partial charge in [0.1, 0.15) is 17.5 Å². The second-order valence-corrected chi connectivity index (χ2v) is 6.35. The highest BCUT2D eigenvalue weighted by Gasteiger charge is 2.25. The summed E-state index contributed by atoms with van der Waals surface area (Å²) in [5, 5.41) is 3.28. The molecule has 1 saturated heterocycles. The van der Waals surface area contributed by atoms with Gasteiger partial charge in [0.2, 0.25) is 5.91 Å². The lowest BCUT2D eigenvalue weighted by molar-refractivity contribution is -0.130. The summed E-state index contributed by atoms with van der Waals surface area (Å²) in [6.45, 7) is 7.12. The Labute approximate surface area is 142 Å². The lowest BCUT2D eigenvalue weighted by Gasteiger charge is -2.31. The van der Waals surface area contributed by atoms with E-state index in [9.17, 15) is 4.79 Å². The normalized spacial score (nSPS) is 17.6. The number of aryl methyl sites for hydroxylation is 2. The van der Waals surface area contributed by atoms with Gasteiger partial charge in [-0.2, -0.15) is 0 Å². The number of carbonyl (C=O) groups excluding carboxylic acids is 1. The Kier molecular flexibility index (Phi) is 4.74. The van der Waals surface area contributed by atoms with Gasteiger partial charge in [0.15, 0.2) is 0 Å². The first-order valence-corrected chi connectivity index (χ1v) is 8.32. The van der Waals surface area contributed by atoms with Crippen molar-refractivity contribution in [3.8, 4) is 0 Å². The van der Waals surface area contributed by atoms with Crippen molar-refractivity contribution in [2.75, 3.05) is 18.4 Å². The van der Waals surface area contributed by atoms with E-state index in [2.05, 4.69) is 20.3 Å². The molecule has 0 spiro atoms. The Morgan fingerprint density at radius 3 is 2.92 bits per heavy atom. The van der Waals surface area contributed by atoms with Gasteiger partial charge in [-0.1, -0.05) is 6.07 Å². The van der Waals surface area contributed by atoms with E-state index in [-0.39, 0.29) is 11.8 Å². The number of anilines is 2. The highest BCUT2D eigenvalue weighted by atomic mass is 16.2. The highest BCUT2D eigenvalue weighted by molar-refractivity contribution is 5.73. The summed E-state index contributed by atoms with van der Waals surface area (Å²) in [6.07, 6.45) is 3.76. The number of aromatic nitrogens is 3. The van der Waals surface area contributed by atoms with Gasteiger partial charge in [-0.25, -0.2) is 15.0 Å². The van der Waals surface area contributed by atoms with Gasteiger partial charge in [-0.05, 0) is 38.3 Å². The predicted molar refractivity (Wildman–Crippen MR) is 93.3 cm³/mol. The number of likely N-dealkylation sites (tertiary alicyclic amines) is 1. The van der Waals surface area contributed by atoms with Crippen molar-refractivity contribution in [2.24, 2.45) is 0 Å². The van der Waals surface area contributed by atoms with Crippen LogP contribution in [-0.2, 0) is 4.79 Å². The molecule has 3 heterocycles. The highest BCUT2D eigenvalue weighted by Crippen LogP contribution is 2.26. The Balaban J connectivity index is 1.84. The average molecular weight is 325 g/mol. The van der Waals surface area contributed by atoms with E-state index in [1.54, 1.807) is 13.1 Å². The van der Waals surface area contributed by atoms with Crippen molar-refractivity contribution in [3.63, 3.8) is 0 Å². The van der Waals surface area contributed by atoms with Crippen molar-refractivity contribution >= 4 is 17.5 Å². The summed E-state index contributed by atoms with van der Waals surface area (Å²) in [4.78, 5) is 27.2. The maximum Gasteiger partial charge on any atom is 0.219 e. The fourth-order valence-electron chi connectivity index (χ4n) is 3.05. The minimum atomic E-state index is 0.120. The fourth-order valence-corrected chi connectivity index (χ4v) is 3.05. The van der Waals surface area contributed by atoms with E-state index in [0.29, 0.717) is 6.54 Å². The lowest BCUT2D eigenvalue weighted by Crippen LogP contribution is -2.38. The summed E-state index contributed by atoms with van der Waals surface area (Å²) in [5.74, 6) is 2.66. The van der Waals surface area contributed by atoms with Crippen molar-refractivity contribution in [1.82, 2.24) is 19.9 Å². The summed E-state index contributed by atoms with van der Waals surface area (Å²) in [7, 11) is 0. The van der Waals surface area contributed by atoms with Crippen LogP contribution in [0.15, 0.2) is 24.4 Å². The zero-order valence-electron chi connectivity index (χ0n) is 14.4. The quantitative estimate of drug-likeness (QED) is 0.939. The molecule has 1 N–H and O–H groups in total. The number of nitrogens with zero attached hydrogens (tertiary/aromatic N) is 4. The topological polar surface area (TPSA) is 71.0 Å². The van der Waals surface area contributed by atoms with Gasteiger partial charge in [0.25, 0.3) is 0 Å². The largest absolute Gasteiger partial charge is 0.342 e. The molecule has 1 atom stereocenters. The Morgan fingerprint density at radius 2 is 2.17 bits per heavy atom. The number of carbonyl (C=O) groups is 1. The molecule has 126 valence electrons. The number of rotatable bonds is 3. The molecule has 1 fully saturated rings. The predicted octanol–water partition coefficient (Wildman–Crippen LogP) is 2.96. The van der Waals surface area contributed by atoms with E-state index < -0.39 is 0 Å². The minimum Gasteiger partial charge on any atom is -0.342 e. The third-order valence-corrected chi connectivity index (χ3v) is 4.36. The van der Waals surface area contributed by atoms with Crippen LogP contribution in [0.2, 0.25) is 0 Å². The first-order chi connectivity index (χ1) is 11.5. The van der Waals surface area contributed by atoms with Crippen LogP contribution in [0.4, 0.5) is 11.6 Å². The molecule has 0 radical (unpaired) electrons. The fraction of sp³-hybridized carbons (Fsp3) is 0.444. The number of piperidine rings is 1. The third-order valence-electron chi connectivity index (χ3n) is 4.36. The molecular formula is C18H23N5O. The standard InChI is InChI=1S/C18H23N5O/c1-12-6-4-8-19-17(12)21-16-10-13(2)20-18(22-16)15-7-5-9-23(11-15)14(3)24/h4,6,8,10,15H,5,7,9,11H2,1-3H3,(H,19,20,21,22)/t15-/m1/s1. The molecular weight excluding hydrogens is 302 g/mol. The average Bonchev–Trinajstić information content (AvgIpc) is 2.56. The number of pyridine rings is 1. The molecule has 3 rings (SSSR count). The molecule has 1 amide bonds. The minimum absolute atomic E-state index is 0.120. The van der Waals surface area contributed by atoms with Crippen LogP contribution in [-0.4, -0.2) is 38.8 Å². The molecule has 24 heavy (non-hydrogen) atoms. The Bertz CT molecular complexity index is 746. The van der Waals surface area contributed by atoms with Crippen molar-refractivity contribution in [3.05, 3.63) is 41.5 Å². The first kappa shape index (κ1) is 16.4. The van der Waals surface area contributed by atoms with Gasteiger partial charge in [0, 0.05) is 43.9 Å². The van der Waals surface area contributed by atoms with Gasteiger partial charge in [-0.3, -0.25) is 4.79 Å². The van der Waals surface area contributed by atoms with Gasteiger partial charge in [-0.15, -0.1) is 0 Å². The Morgan fingerprint density at radius 1 is 1.33 bits per heavy atom. The maximum atomic E-state index is 11.7. The Hall–Kier alpha value is -2.50. The molecule has 1 aliphatic rings.